The van der Waals surface area contributed by atoms with Crippen LogP contribution in [0.1, 0.15) is 63.5 Å². The number of hydrogen-bond acceptors (Lipinski definition) is 4. The summed E-state index contributed by atoms with van der Waals surface area (Å²) in [6, 6.07) is 16.3. The maximum Gasteiger partial charge on any atom is 0.407 e. The minimum Gasteiger partial charge on any atom is -0.481 e. The molecule has 0 heterocycles. The second-order valence-electron chi connectivity index (χ2n) is 9.41. The highest BCUT2D eigenvalue weighted by atomic mass is 16.5. The number of nitrogens with one attached hydrogen (secondary N) is 2. The molecule has 0 aliphatic heterocycles. The van der Waals surface area contributed by atoms with E-state index in [2.05, 4.69) is 34.9 Å². The molecule has 1 unspecified atom stereocenters. The molecule has 3 rings (SSSR count). The van der Waals surface area contributed by atoms with E-state index < -0.39 is 17.5 Å². The van der Waals surface area contributed by atoms with Gasteiger partial charge in [0.15, 0.2) is 0 Å². The number of aliphatic carboxylic acids is 1. The third kappa shape index (κ3) is 6.21. The Morgan fingerprint density at radius 2 is 1.54 bits per heavy atom. The molecule has 35 heavy (non-hydrogen) atoms. The van der Waals surface area contributed by atoms with Crippen molar-refractivity contribution in [3.05, 3.63) is 59.7 Å². The number of rotatable bonds is 12. The van der Waals surface area contributed by atoms with Crippen LogP contribution in [-0.4, -0.2) is 42.8 Å². The first-order valence-corrected chi connectivity index (χ1v) is 12.4. The van der Waals surface area contributed by atoms with Gasteiger partial charge in [-0.25, -0.2) is 4.79 Å². The zero-order valence-corrected chi connectivity index (χ0v) is 20.8. The van der Waals surface area contributed by atoms with E-state index >= 15 is 0 Å². The summed E-state index contributed by atoms with van der Waals surface area (Å²) in [7, 11) is 0. The van der Waals surface area contributed by atoms with Crippen LogP contribution in [0.15, 0.2) is 48.5 Å². The van der Waals surface area contributed by atoms with E-state index in [9.17, 15) is 14.4 Å². The van der Waals surface area contributed by atoms with Gasteiger partial charge in [-0.05, 0) is 47.4 Å². The number of ether oxygens (including phenoxy) is 1. The summed E-state index contributed by atoms with van der Waals surface area (Å²) in [4.78, 5) is 36.4. The van der Waals surface area contributed by atoms with Gasteiger partial charge in [-0.15, -0.1) is 0 Å². The molecular weight excluding hydrogens is 444 g/mol. The first kappa shape index (κ1) is 26.3. The fraction of sp³-hybridized carbons (Fsp3) is 0.464. The Balaban J connectivity index is 1.55. The lowest BCUT2D eigenvalue weighted by Crippen LogP contribution is -2.49. The average molecular weight is 481 g/mol. The summed E-state index contributed by atoms with van der Waals surface area (Å²) in [5, 5.41) is 14.6. The number of alkyl carbamates (subject to hydrolysis) is 1. The molecule has 2 aromatic carbocycles. The van der Waals surface area contributed by atoms with Crippen LogP contribution in [0.3, 0.4) is 0 Å². The molecule has 7 nitrogen and oxygen atoms in total. The van der Waals surface area contributed by atoms with E-state index in [1.54, 1.807) is 0 Å². The lowest BCUT2D eigenvalue weighted by atomic mass is 9.81. The number of amides is 2. The van der Waals surface area contributed by atoms with E-state index in [1.807, 2.05) is 45.0 Å². The molecule has 0 aromatic heterocycles. The molecule has 1 aliphatic rings. The Hall–Kier alpha value is -3.35. The predicted octanol–water partition coefficient (Wildman–Crippen LogP) is 4.95. The van der Waals surface area contributed by atoms with Crippen LogP contribution >= 0.6 is 0 Å². The number of carboxylic acid groups (broad SMARTS) is 1. The number of fused-ring (bicyclic) bond motifs is 3. The van der Waals surface area contributed by atoms with Crippen molar-refractivity contribution in [1.82, 2.24) is 10.6 Å². The average Bonchev–Trinajstić information content (AvgIpc) is 3.19. The molecule has 1 atom stereocenters. The zero-order valence-electron chi connectivity index (χ0n) is 20.8. The lowest BCUT2D eigenvalue weighted by molar-refractivity contribution is -0.137. The number of carbonyl (C=O) groups is 3. The third-order valence-corrected chi connectivity index (χ3v) is 7.21. The van der Waals surface area contributed by atoms with Gasteiger partial charge in [0.2, 0.25) is 5.91 Å². The van der Waals surface area contributed by atoms with Crippen molar-refractivity contribution in [2.45, 2.75) is 52.4 Å². The van der Waals surface area contributed by atoms with Crippen LogP contribution in [0.2, 0.25) is 0 Å². The topological polar surface area (TPSA) is 105 Å². The lowest BCUT2D eigenvalue weighted by Gasteiger charge is -2.31. The highest BCUT2D eigenvalue weighted by molar-refractivity contribution is 5.83. The van der Waals surface area contributed by atoms with Gasteiger partial charge in [-0.1, -0.05) is 69.3 Å². The summed E-state index contributed by atoms with van der Waals surface area (Å²) in [6.45, 7) is 6.56. The van der Waals surface area contributed by atoms with Gasteiger partial charge in [0.1, 0.15) is 6.61 Å². The largest absolute Gasteiger partial charge is 0.481 e. The van der Waals surface area contributed by atoms with Crippen LogP contribution in [0.4, 0.5) is 4.79 Å². The Morgan fingerprint density at radius 1 is 0.971 bits per heavy atom. The Kier molecular flexibility index (Phi) is 8.90. The minimum atomic E-state index is -0.841. The molecule has 0 saturated carbocycles. The molecule has 0 bridgehead atoms. The molecule has 0 fully saturated rings. The molecule has 0 saturated heterocycles. The molecule has 1 aliphatic carbocycles. The van der Waals surface area contributed by atoms with Gasteiger partial charge in [-0.3, -0.25) is 9.59 Å². The van der Waals surface area contributed by atoms with Crippen LogP contribution in [0.25, 0.3) is 11.1 Å². The van der Waals surface area contributed by atoms with E-state index in [1.165, 1.54) is 11.1 Å². The van der Waals surface area contributed by atoms with Crippen molar-refractivity contribution in [2.75, 3.05) is 19.7 Å². The maximum absolute atomic E-state index is 13.0. The summed E-state index contributed by atoms with van der Waals surface area (Å²) >= 11 is 0. The van der Waals surface area contributed by atoms with Gasteiger partial charge < -0.3 is 20.5 Å². The van der Waals surface area contributed by atoms with E-state index in [4.69, 9.17) is 9.84 Å². The van der Waals surface area contributed by atoms with E-state index in [0.29, 0.717) is 25.8 Å². The molecule has 2 amide bonds. The Labute approximate surface area is 207 Å². The third-order valence-electron chi connectivity index (χ3n) is 7.21. The van der Waals surface area contributed by atoms with Crippen molar-refractivity contribution in [3.63, 3.8) is 0 Å². The SMILES string of the molecule is CCC(CC)(CNC(=O)OCC1c2ccccc2-c2ccccc21)C(=O)NCC(C)CCC(=O)O. The maximum atomic E-state index is 13.0. The van der Waals surface area contributed by atoms with Gasteiger partial charge >= 0.3 is 12.1 Å². The Bertz CT molecular complexity index is 1000. The summed E-state index contributed by atoms with van der Waals surface area (Å²) in [5.74, 6) is -0.946. The molecular formula is C28H36N2O5. The van der Waals surface area contributed by atoms with Crippen LogP contribution < -0.4 is 10.6 Å². The fourth-order valence-electron chi connectivity index (χ4n) is 4.72. The van der Waals surface area contributed by atoms with E-state index in [-0.39, 0.29) is 37.3 Å². The van der Waals surface area contributed by atoms with Crippen molar-refractivity contribution < 1.29 is 24.2 Å². The first-order chi connectivity index (χ1) is 16.8. The Morgan fingerprint density at radius 3 is 2.09 bits per heavy atom. The van der Waals surface area contributed by atoms with Crippen molar-refractivity contribution >= 4 is 18.0 Å². The fourth-order valence-corrected chi connectivity index (χ4v) is 4.72. The molecule has 0 spiro atoms. The molecule has 188 valence electrons. The smallest absolute Gasteiger partial charge is 0.407 e. The monoisotopic (exact) mass is 480 g/mol. The molecule has 2 aromatic rings. The second kappa shape index (κ2) is 11.9. The van der Waals surface area contributed by atoms with Gasteiger partial charge in [0, 0.05) is 25.4 Å². The van der Waals surface area contributed by atoms with Crippen molar-refractivity contribution in [2.24, 2.45) is 11.3 Å². The quantitative estimate of drug-likeness (QED) is 0.399. The minimum absolute atomic E-state index is 0.0224. The summed E-state index contributed by atoms with van der Waals surface area (Å²) in [6.07, 6.45) is 1.15. The van der Waals surface area contributed by atoms with Gasteiger partial charge in [-0.2, -0.15) is 0 Å². The zero-order chi connectivity index (χ0) is 25.4. The molecule has 7 heteroatoms. The van der Waals surface area contributed by atoms with E-state index in [0.717, 1.165) is 11.1 Å². The van der Waals surface area contributed by atoms with Crippen LogP contribution in [0.5, 0.6) is 0 Å². The molecule has 0 radical (unpaired) electrons. The second-order valence-corrected chi connectivity index (χ2v) is 9.41. The van der Waals surface area contributed by atoms with Gasteiger partial charge in [0.25, 0.3) is 0 Å². The van der Waals surface area contributed by atoms with Gasteiger partial charge in [0.05, 0.1) is 5.41 Å². The van der Waals surface area contributed by atoms with Crippen LogP contribution in [0, 0.1) is 11.3 Å². The number of carboxylic acids is 1. The predicted molar refractivity (Wildman–Crippen MR) is 135 cm³/mol. The number of hydrogen-bond donors (Lipinski definition) is 3. The molecule has 3 N–H and O–H groups in total. The summed E-state index contributed by atoms with van der Waals surface area (Å²) in [5.41, 5.74) is 3.88. The normalized spacial score (nSPS) is 13.5. The van der Waals surface area contributed by atoms with Crippen LogP contribution in [-0.2, 0) is 14.3 Å². The highest BCUT2D eigenvalue weighted by Crippen LogP contribution is 2.44. The standard InChI is InChI=1S/C28H36N2O5/c1-4-28(5-2,26(33)29-16-19(3)14-15-25(31)32)18-30-27(34)35-17-24-22-12-8-6-10-20(22)21-11-7-9-13-23(21)24/h6-13,19,24H,4-5,14-18H2,1-3H3,(H,29,33)(H,30,34)(H,31,32). The van der Waals surface area contributed by atoms with Crippen molar-refractivity contribution in [1.29, 1.82) is 0 Å². The highest BCUT2D eigenvalue weighted by Gasteiger charge is 2.36. The number of benzene rings is 2. The van der Waals surface area contributed by atoms with Crippen molar-refractivity contribution in [3.8, 4) is 11.1 Å². The number of carbonyl (C=O) groups excluding carboxylic acids is 2. The summed E-state index contributed by atoms with van der Waals surface area (Å²) < 4.78 is 5.62. The first-order valence-electron chi connectivity index (χ1n) is 12.4.